The van der Waals surface area contributed by atoms with Crippen LogP contribution in [0.25, 0.3) is 0 Å². The Morgan fingerprint density at radius 2 is 2.44 bits per heavy atom. The molecule has 1 aliphatic heterocycles. The van der Waals surface area contributed by atoms with Gasteiger partial charge in [0.25, 0.3) is 0 Å². The van der Waals surface area contributed by atoms with E-state index in [-0.39, 0.29) is 6.04 Å². The van der Waals surface area contributed by atoms with E-state index >= 15 is 0 Å². The lowest BCUT2D eigenvalue weighted by Crippen LogP contribution is -2.38. The fourth-order valence-corrected chi connectivity index (χ4v) is 3.05. The summed E-state index contributed by atoms with van der Waals surface area (Å²) in [7, 11) is 0. The molecule has 1 aromatic rings. The van der Waals surface area contributed by atoms with E-state index in [0.717, 1.165) is 24.5 Å². The standard InChI is InChI=1S/C12H19N3S/c1-9-8-15(6-7-16-9)12-11(10(2)13)4-3-5-14-12/h3-5,9-10H,6-8,13H2,1-2H3/t9?,10-/m1/s1. The minimum absolute atomic E-state index is 0.0496. The molecule has 3 nitrogen and oxygen atoms in total. The molecule has 0 bridgehead atoms. The first kappa shape index (κ1) is 11.7. The third kappa shape index (κ3) is 2.50. The Hall–Kier alpha value is -0.740. The van der Waals surface area contributed by atoms with Gasteiger partial charge in [0, 0.05) is 41.9 Å². The minimum Gasteiger partial charge on any atom is -0.354 e. The molecule has 88 valence electrons. The molecule has 2 heterocycles. The van der Waals surface area contributed by atoms with Crippen molar-refractivity contribution >= 4 is 17.6 Å². The number of thioether (sulfide) groups is 1. The molecule has 2 rings (SSSR count). The van der Waals surface area contributed by atoms with E-state index < -0.39 is 0 Å². The highest BCUT2D eigenvalue weighted by Crippen LogP contribution is 2.27. The Balaban J connectivity index is 2.25. The van der Waals surface area contributed by atoms with Crippen molar-refractivity contribution in [3.8, 4) is 0 Å². The molecular formula is C12H19N3S. The van der Waals surface area contributed by atoms with Crippen LogP contribution >= 0.6 is 11.8 Å². The molecular weight excluding hydrogens is 218 g/mol. The molecule has 2 atom stereocenters. The van der Waals surface area contributed by atoms with Crippen LogP contribution in [-0.4, -0.2) is 29.1 Å². The number of nitrogens with zero attached hydrogens (tertiary/aromatic N) is 2. The summed E-state index contributed by atoms with van der Waals surface area (Å²) in [6, 6.07) is 4.09. The van der Waals surface area contributed by atoms with Gasteiger partial charge >= 0.3 is 0 Å². The first-order valence-corrected chi connectivity index (χ1v) is 6.80. The van der Waals surface area contributed by atoms with Gasteiger partial charge in [-0.05, 0) is 13.0 Å². The molecule has 0 saturated carbocycles. The number of rotatable bonds is 2. The van der Waals surface area contributed by atoms with Gasteiger partial charge in [-0.25, -0.2) is 4.98 Å². The van der Waals surface area contributed by atoms with Crippen LogP contribution in [0.1, 0.15) is 25.5 Å². The van der Waals surface area contributed by atoms with E-state index in [1.165, 1.54) is 5.75 Å². The Labute approximate surface area is 101 Å². The molecule has 0 amide bonds. The van der Waals surface area contributed by atoms with Gasteiger partial charge in [0.15, 0.2) is 0 Å². The van der Waals surface area contributed by atoms with Crippen molar-refractivity contribution in [3.63, 3.8) is 0 Å². The predicted octanol–water partition coefficient (Wildman–Crippen LogP) is 2.04. The van der Waals surface area contributed by atoms with Gasteiger partial charge in [0.05, 0.1) is 0 Å². The van der Waals surface area contributed by atoms with Gasteiger partial charge in [-0.15, -0.1) is 0 Å². The van der Waals surface area contributed by atoms with Crippen LogP contribution in [0.4, 0.5) is 5.82 Å². The van der Waals surface area contributed by atoms with Crippen molar-refractivity contribution in [3.05, 3.63) is 23.9 Å². The summed E-state index contributed by atoms with van der Waals surface area (Å²) in [6.07, 6.45) is 1.85. The van der Waals surface area contributed by atoms with E-state index in [1.807, 2.05) is 30.9 Å². The third-order valence-electron chi connectivity index (χ3n) is 2.85. The Morgan fingerprint density at radius 1 is 1.62 bits per heavy atom. The fourth-order valence-electron chi connectivity index (χ4n) is 2.04. The quantitative estimate of drug-likeness (QED) is 0.855. The molecule has 0 aromatic carbocycles. The van der Waals surface area contributed by atoms with Gasteiger partial charge in [-0.1, -0.05) is 13.0 Å². The zero-order valence-corrected chi connectivity index (χ0v) is 10.7. The molecule has 0 spiro atoms. The van der Waals surface area contributed by atoms with Gasteiger partial charge in [-0.3, -0.25) is 0 Å². The molecule has 1 fully saturated rings. The maximum absolute atomic E-state index is 5.98. The molecule has 1 saturated heterocycles. The van der Waals surface area contributed by atoms with E-state index in [2.05, 4.69) is 22.9 Å². The maximum atomic E-state index is 5.98. The van der Waals surface area contributed by atoms with Gasteiger partial charge in [-0.2, -0.15) is 11.8 Å². The van der Waals surface area contributed by atoms with Crippen molar-refractivity contribution in [2.24, 2.45) is 5.73 Å². The van der Waals surface area contributed by atoms with Crippen LogP contribution in [0.15, 0.2) is 18.3 Å². The fraction of sp³-hybridized carbons (Fsp3) is 0.583. The van der Waals surface area contributed by atoms with Crippen LogP contribution in [0.5, 0.6) is 0 Å². The minimum atomic E-state index is 0.0496. The summed E-state index contributed by atoms with van der Waals surface area (Å²) in [6.45, 7) is 6.43. The molecule has 0 radical (unpaired) electrons. The summed E-state index contributed by atoms with van der Waals surface area (Å²) >= 11 is 2.03. The largest absolute Gasteiger partial charge is 0.354 e. The average molecular weight is 237 g/mol. The molecule has 0 aliphatic carbocycles. The molecule has 1 unspecified atom stereocenters. The first-order valence-electron chi connectivity index (χ1n) is 5.75. The van der Waals surface area contributed by atoms with E-state index in [0.29, 0.717) is 5.25 Å². The van der Waals surface area contributed by atoms with Crippen molar-refractivity contribution in [1.82, 2.24) is 4.98 Å². The highest BCUT2D eigenvalue weighted by atomic mass is 32.2. The molecule has 1 aromatic heterocycles. The number of hydrogen-bond donors (Lipinski definition) is 1. The Kier molecular flexibility index (Phi) is 3.71. The summed E-state index contributed by atoms with van der Waals surface area (Å²) in [4.78, 5) is 6.86. The number of nitrogens with two attached hydrogens (primary N) is 1. The molecule has 1 aliphatic rings. The van der Waals surface area contributed by atoms with Crippen molar-refractivity contribution in [1.29, 1.82) is 0 Å². The van der Waals surface area contributed by atoms with E-state index in [1.54, 1.807) is 0 Å². The van der Waals surface area contributed by atoms with Crippen molar-refractivity contribution < 1.29 is 0 Å². The van der Waals surface area contributed by atoms with Gasteiger partial charge < -0.3 is 10.6 Å². The average Bonchev–Trinajstić information content (AvgIpc) is 2.29. The monoisotopic (exact) mass is 237 g/mol. The smallest absolute Gasteiger partial charge is 0.133 e. The summed E-state index contributed by atoms with van der Waals surface area (Å²) < 4.78 is 0. The maximum Gasteiger partial charge on any atom is 0.133 e. The summed E-state index contributed by atoms with van der Waals surface area (Å²) in [5, 5.41) is 0.677. The summed E-state index contributed by atoms with van der Waals surface area (Å²) in [5.41, 5.74) is 7.14. The van der Waals surface area contributed by atoms with Crippen LogP contribution < -0.4 is 10.6 Å². The van der Waals surface area contributed by atoms with Crippen LogP contribution in [-0.2, 0) is 0 Å². The second-order valence-electron chi connectivity index (χ2n) is 4.33. The topological polar surface area (TPSA) is 42.2 Å². The normalized spacial score (nSPS) is 23.2. The van der Waals surface area contributed by atoms with E-state index in [9.17, 15) is 0 Å². The Bertz CT molecular complexity index is 354. The zero-order valence-electron chi connectivity index (χ0n) is 9.89. The lowest BCUT2D eigenvalue weighted by molar-refractivity contribution is 0.740. The van der Waals surface area contributed by atoms with Crippen LogP contribution in [0.2, 0.25) is 0 Å². The number of aromatic nitrogens is 1. The van der Waals surface area contributed by atoms with Crippen molar-refractivity contribution in [2.75, 3.05) is 23.7 Å². The lowest BCUT2D eigenvalue weighted by Gasteiger charge is -2.33. The second-order valence-corrected chi connectivity index (χ2v) is 5.88. The Morgan fingerprint density at radius 3 is 3.12 bits per heavy atom. The van der Waals surface area contributed by atoms with Gasteiger partial charge in [0.1, 0.15) is 5.82 Å². The predicted molar refractivity (Wildman–Crippen MR) is 71.0 cm³/mol. The van der Waals surface area contributed by atoms with E-state index in [4.69, 9.17) is 5.73 Å². The van der Waals surface area contributed by atoms with Crippen molar-refractivity contribution in [2.45, 2.75) is 25.1 Å². The molecule has 16 heavy (non-hydrogen) atoms. The molecule has 4 heteroatoms. The van der Waals surface area contributed by atoms with Gasteiger partial charge in [0.2, 0.25) is 0 Å². The summed E-state index contributed by atoms with van der Waals surface area (Å²) in [5.74, 6) is 2.25. The third-order valence-corrected chi connectivity index (χ3v) is 3.98. The number of pyridine rings is 1. The number of hydrogen-bond acceptors (Lipinski definition) is 4. The highest BCUT2D eigenvalue weighted by Gasteiger charge is 2.20. The first-order chi connectivity index (χ1) is 7.68. The lowest BCUT2D eigenvalue weighted by atomic mass is 10.1. The van der Waals surface area contributed by atoms with Crippen LogP contribution in [0.3, 0.4) is 0 Å². The van der Waals surface area contributed by atoms with Crippen LogP contribution in [0, 0.1) is 0 Å². The highest BCUT2D eigenvalue weighted by molar-refractivity contribution is 8.00. The zero-order chi connectivity index (χ0) is 11.5. The molecule has 2 N–H and O–H groups in total. The second kappa shape index (κ2) is 5.06. The SMILES string of the molecule is CC1CN(c2ncccc2[C@@H](C)N)CCS1. The number of anilines is 1.